The molecule has 0 aliphatic carbocycles. The maximum atomic E-state index is 4.14. The molecule has 0 unspecified atom stereocenters. The third-order valence-electron chi connectivity index (χ3n) is 3.47. The van der Waals surface area contributed by atoms with Crippen molar-refractivity contribution in [1.82, 2.24) is 0 Å². The van der Waals surface area contributed by atoms with Crippen molar-refractivity contribution in [1.29, 1.82) is 0 Å². The van der Waals surface area contributed by atoms with Gasteiger partial charge in [0.05, 0.1) is 0 Å². The standard InChI is InChI=1S/C17H14.2CH4/c1-4-13-8-9-14-7-5-11(2)15-10-6-12(3)16(13)17(14)15;;/h4-10H,1,3H2,2H3;2*1H4. The zero-order chi connectivity index (χ0) is 12.0. The highest BCUT2D eigenvalue weighted by molar-refractivity contribution is 6.13. The Balaban J connectivity index is 0.000000902. The van der Waals surface area contributed by atoms with Crippen molar-refractivity contribution in [3.8, 4) is 0 Å². The fourth-order valence-electron chi connectivity index (χ4n) is 2.56. The van der Waals surface area contributed by atoms with Crippen molar-refractivity contribution in [3.63, 3.8) is 0 Å². The van der Waals surface area contributed by atoms with Crippen LogP contribution in [-0.2, 0) is 0 Å². The van der Waals surface area contributed by atoms with Gasteiger partial charge in [0.15, 0.2) is 0 Å². The molecule has 3 aromatic rings. The van der Waals surface area contributed by atoms with Gasteiger partial charge < -0.3 is 0 Å². The second kappa shape index (κ2) is 5.27. The molecular formula is C19H22. The third-order valence-corrected chi connectivity index (χ3v) is 3.47. The summed E-state index contributed by atoms with van der Waals surface area (Å²) in [5, 5.41) is 6.21. The third kappa shape index (κ3) is 2.04. The van der Waals surface area contributed by atoms with Gasteiger partial charge in [-0.3, -0.25) is 0 Å². The molecule has 0 heterocycles. The van der Waals surface area contributed by atoms with Crippen LogP contribution in [-0.4, -0.2) is 0 Å². The molecule has 0 aliphatic rings. The first kappa shape index (κ1) is 15.0. The Labute approximate surface area is 116 Å². The highest BCUT2D eigenvalue weighted by Crippen LogP contribution is 2.29. The molecule has 98 valence electrons. The van der Waals surface area contributed by atoms with Crippen LogP contribution < -0.4 is 5.22 Å². The van der Waals surface area contributed by atoms with E-state index in [1.807, 2.05) is 6.08 Å². The van der Waals surface area contributed by atoms with Crippen molar-refractivity contribution in [2.24, 2.45) is 0 Å². The molecule has 0 saturated carbocycles. The van der Waals surface area contributed by atoms with Gasteiger partial charge in [0.1, 0.15) is 0 Å². The lowest BCUT2D eigenvalue weighted by Gasteiger charge is -2.10. The molecule has 0 aliphatic heterocycles. The zero-order valence-electron chi connectivity index (χ0n) is 9.96. The summed E-state index contributed by atoms with van der Waals surface area (Å²) >= 11 is 0. The Kier molecular flexibility index (Phi) is 4.16. The quantitative estimate of drug-likeness (QED) is 0.546. The van der Waals surface area contributed by atoms with Crippen LogP contribution in [0.2, 0.25) is 0 Å². The molecule has 0 atom stereocenters. The average molecular weight is 250 g/mol. The first-order valence-corrected chi connectivity index (χ1v) is 5.78. The fourth-order valence-corrected chi connectivity index (χ4v) is 2.56. The van der Waals surface area contributed by atoms with E-state index in [1.54, 1.807) is 0 Å². The SMILES string of the molecule is C.C.C=Cc1ccc2ccc(C)c3ccc(=C)c1c23. The molecule has 0 spiro atoms. The second-order valence-electron chi connectivity index (χ2n) is 4.49. The summed E-state index contributed by atoms with van der Waals surface area (Å²) < 4.78 is 0. The summed E-state index contributed by atoms with van der Waals surface area (Å²) in [7, 11) is 0. The number of hydrogen-bond donors (Lipinski definition) is 0. The lowest BCUT2D eigenvalue weighted by molar-refractivity contribution is 1.54. The van der Waals surface area contributed by atoms with Crippen molar-refractivity contribution in [2.75, 3.05) is 0 Å². The highest BCUT2D eigenvalue weighted by Gasteiger charge is 2.07. The van der Waals surface area contributed by atoms with E-state index in [9.17, 15) is 0 Å². The van der Waals surface area contributed by atoms with E-state index in [-0.39, 0.29) is 14.9 Å². The van der Waals surface area contributed by atoms with E-state index in [2.05, 4.69) is 56.5 Å². The van der Waals surface area contributed by atoms with Crippen LogP contribution in [0.5, 0.6) is 0 Å². The van der Waals surface area contributed by atoms with Gasteiger partial charge in [0.25, 0.3) is 0 Å². The van der Waals surface area contributed by atoms with Crippen LogP contribution in [0.25, 0.3) is 34.2 Å². The van der Waals surface area contributed by atoms with Crippen molar-refractivity contribution >= 4 is 34.2 Å². The van der Waals surface area contributed by atoms with E-state index in [4.69, 9.17) is 0 Å². The van der Waals surface area contributed by atoms with E-state index < -0.39 is 0 Å². The maximum Gasteiger partial charge on any atom is -0.00244 e. The number of aryl methyl sites for hydroxylation is 1. The van der Waals surface area contributed by atoms with Gasteiger partial charge in [0.2, 0.25) is 0 Å². The topological polar surface area (TPSA) is 0 Å². The largest absolute Gasteiger partial charge is 0.0984 e. The van der Waals surface area contributed by atoms with Crippen LogP contribution in [0.15, 0.2) is 43.0 Å². The number of rotatable bonds is 1. The molecule has 0 radical (unpaired) electrons. The van der Waals surface area contributed by atoms with Crippen LogP contribution in [0.4, 0.5) is 0 Å². The fraction of sp³-hybridized carbons (Fsp3) is 0.158. The van der Waals surface area contributed by atoms with Crippen LogP contribution >= 0.6 is 0 Å². The molecule has 0 bridgehead atoms. The highest BCUT2D eigenvalue weighted by atomic mass is 14.1. The normalized spacial score (nSPS) is 9.95. The lowest BCUT2D eigenvalue weighted by atomic mass is 9.93. The summed E-state index contributed by atoms with van der Waals surface area (Å²) in [5.74, 6) is 0. The molecule has 0 amide bonds. The Bertz CT molecular complexity index is 779. The molecule has 0 nitrogen and oxygen atoms in total. The monoisotopic (exact) mass is 250 g/mol. The van der Waals surface area contributed by atoms with E-state index in [0.717, 1.165) is 5.22 Å². The molecule has 19 heavy (non-hydrogen) atoms. The Morgan fingerprint density at radius 3 is 2.26 bits per heavy atom. The van der Waals surface area contributed by atoms with Crippen molar-refractivity contribution in [2.45, 2.75) is 21.8 Å². The van der Waals surface area contributed by atoms with Crippen molar-refractivity contribution in [3.05, 3.63) is 59.3 Å². The average Bonchev–Trinajstić information content (AvgIpc) is 2.35. The Morgan fingerprint density at radius 2 is 1.58 bits per heavy atom. The molecule has 0 N–H and O–H groups in total. The minimum Gasteiger partial charge on any atom is -0.0984 e. The minimum absolute atomic E-state index is 0. The van der Waals surface area contributed by atoms with E-state index in [1.165, 1.54) is 32.7 Å². The first-order valence-electron chi connectivity index (χ1n) is 5.78. The van der Waals surface area contributed by atoms with Crippen LogP contribution in [0.1, 0.15) is 26.0 Å². The summed E-state index contributed by atoms with van der Waals surface area (Å²) in [6.07, 6.45) is 1.91. The lowest BCUT2D eigenvalue weighted by Crippen LogP contribution is -2.01. The second-order valence-corrected chi connectivity index (χ2v) is 4.49. The van der Waals surface area contributed by atoms with Crippen molar-refractivity contribution < 1.29 is 0 Å². The maximum absolute atomic E-state index is 4.14. The summed E-state index contributed by atoms with van der Waals surface area (Å²) in [6, 6.07) is 12.9. The van der Waals surface area contributed by atoms with Gasteiger partial charge in [-0.05, 0) is 44.8 Å². The van der Waals surface area contributed by atoms with E-state index in [0.29, 0.717) is 0 Å². The predicted molar refractivity (Wildman–Crippen MR) is 90.5 cm³/mol. The van der Waals surface area contributed by atoms with Crippen LogP contribution in [0, 0.1) is 6.92 Å². The zero-order valence-corrected chi connectivity index (χ0v) is 9.96. The molecule has 3 rings (SSSR count). The molecule has 0 heteroatoms. The van der Waals surface area contributed by atoms with Gasteiger partial charge in [-0.15, -0.1) is 0 Å². The molecule has 0 saturated heterocycles. The van der Waals surface area contributed by atoms with Gasteiger partial charge in [-0.25, -0.2) is 0 Å². The number of benzene rings is 3. The molecule has 0 aromatic heterocycles. The Hall–Kier alpha value is -2.08. The molecule has 3 aromatic carbocycles. The smallest absolute Gasteiger partial charge is 0.00244 e. The van der Waals surface area contributed by atoms with Gasteiger partial charge in [-0.1, -0.05) is 70.5 Å². The Morgan fingerprint density at radius 1 is 0.895 bits per heavy atom. The van der Waals surface area contributed by atoms with Crippen LogP contribution in [0.3, 0.4) is 0 Å². The number of hydrogen-bond acceptors (Lipinski definition) is 0. The van der Waals surface area contributed by atoms with Gasteiger partial charge >= 0.3 is 0 Å². The van der Waals surface area contributed by atoms with E-state index >= 15 is 0 Å². The first-order chi connectivity index (χ1) is 8.22. The predicted octanol–water partition coefficient (Wildman–Crippen LogP) is 5.35. The molecular weight excluding hydrogens is 228 g/mol. The minimum atomic E-state index is 0. The van der Waals surface area contributed by atoms with Gasteiger partial charge in [0, 0.05) is 0 Å². The van der Waals surface area contributed by atoms with Gasteiger partial charge in [-0.2, -0.15) is 0 Å². The molecule has 0 fully saturated rings. The summed E-state index contributed by atoms with van der Waals surface area (Å²) in [4.78, 5) is 0. The summed E-state index contributed by atoms with van der Waals surface area (Å²) in [6.45, 7) is 10.2. The summed E-state index contributed by atoms with van der Waals surface area (Å²) in [5.41, 5.74) is 2.47.